The fraction of sp³-hybridized carbons (Fsp3) is 0.310. The average Bonchev–Trinajstić information content (AvgIpc) is 2.90. The van der Waals surface area contributed by atoms with Gasteiger partial charge in [-0.2, -0.15) is 0 Å². The van der Waals surface area contributed by atoms with E-state index in [-0.39, 0.29) is 17.3 Å². The van der Waals surface area contributed by atoms with Gasteiger partial charge in [0, 0.05) is 28.7 Å². The van der Waals surface area contributed by atoms with E-state index in [0.29, 0.717) is 33.4 Å². The molecule has 0 spiro atoms. The summed E-state index contributed by atoms with van der Waals surface area (Å²) >= 11 is 12.8. The summed E-state index contributed by atoms with van der Waals surface area (Å²) in [5.74, 6) is -0.943. The summed E-state index contributed by atoms with van der Waals surface area (Å²) in [6.07, 6.45) is 0.721. The Kier molecular flexibility index (Phi) is 10.4. The standard InChI is InChI=1S/C29H33Cl2N3O4S/c1-5-16-32-29(36)22(4)33(18-24-25(30)12-9-13-26(24)31)28(35)19-34(27-15-14-20(2)17-21(27)3)39(37,38)23-10-7-6-8-11-23/h6-15,17,22H,5,16,18-19H2,1-4H3,(H,32,36)/t22-/m1/s1. The first-order valence-corrected chi connectivity index (χ1v) is 14.8. The summed E-state index contributed by atoms with van der Waals surface area (Å²) in [4.78, 5) is 28.3. The molecule has 3 aromatic carbocycles. The van der Waals surface area contributed by atoms with Crippen LogP contribution >= 0.6 is 23.2 Å². The number of nitrogens with zero attached hydrogens (tertiary/aromatic N) is 2. The number of nitrogens with one attached hydrogen (secondary N) is 1. The largest absolute Gasteiger partial charge is 0.354 e. The van der Waals surface area contributed by atoms with Crippen LogP contribution in [0.3, 0.4) is 0 Å². The van der Waals surface area contributed by atoms with Gasteiger partial charge in [0.25, 0.3) is 10.0 Å². The van der Waals surface area contributed by atoms with Gasteiger partial charge in [-0.25, -0.2) is 8.42 Å². The normalized spacial score (nSPS) is 12.1. The van der Waals surface area contributed by atoms with Gasteiger partial charge in [0.1, 0.15) is 12.6 Å². The summed E-state index contributed by atoms with van der Waals surface area (Å²) in [7, 11) is -4.13. The van der Waals surface area contributed by atoms with E-state index < -0.39 is 28.5 Å². The molecule has 0 aromatic heterocycles. The number of hydrogen-bond donors (Lipinski definition) is 1. The minimum absolute atomic E-state index is 0.0483. The number of hydrogen-bond acceptors (Lipinski definition) is 4. The third-order valence-corrected chi connectivity index (χ3v) is 8.82. The van der Waals surface area contributed by atoms with Crippen LogP contribution in [0.4, 0.5) is 5.69 Å². The smallest absolute Gasteiger partial charge is 0.264 e. The lowest BCUT2D eigenvalue weighted by Crippen LogP contribution is -2.51. The lowest BCUT2D eigenvalue weighted by Gasteiger charge is -2.32. The average molecular weight is 591 g/mol. The molecule has 0 aliphatic heterocycles. The van der Waals surface area contributed by atoms with E-state index in [2.05, 4.69) is 5.32 Å². The number of carbonyl (C=O) groups is 2. The van der Waals surface area contributed by atoms with Gasteiger partial charge in [-0.1, -0.05) is 72.1 Å². The van der Waals surface area contributed by atoms with Crippen molar-refractivity contribution in [2.45, 2.75) is 51.6 Å². The van der Waals surface area contributed by atoms with Crippen LogP contribution in [0.2, 0.25) is 10.0 Å². The zero-order valence-corrected chi connectivity index (χ0v) is 24.8. The van der Waals surface area contributed by atoms with E-state index in [4.69, 9.17) is 23.2 Å². The maximum atomic E-state index is 14.0. The predicted octanol–water partition coefficient (Wildman–Crippen LogP) is 5.75. The van der Waals surface area contributed by atoms with E-state index in [1.807, 2.05) is 19.9 Å². The highest BCUT2D eigenvalue weighted by molar-refractivity contribution is 7.92. The van der Waals surface area contributed by atoms with Crippen molar-refractivity contribution in [3.05, 3.63) is 93.5 Å². The number of sulfonamides is 1. The second-order valence-electron chi connectivity index (χ2n) is 9.30. The Bertz CT molecular complexity index is 1410. The molecule has 0 heterocycles. The Hall–Kier alpha value is -3.07. The quantitative estimate of drug-likeness (QED) is 0.308. The third kappa shape index (κ3) is 7.32. The highest BCUT2D eigenvalue weighted by atomic mass is 35.5. The monoisotopic (exact) mass is 589 g/mol. The number of rotatable bonds is 11. The van der Waals surface area contributed by atoms with E-state index in [9.17, 15) is 18.0 Å². The molecule has 0 bridgehead atoms. The fourth-order valence-electron chi connectivity index (χ4n) is 4.15. The van der Waals surface area contributed by atoms with Crippen LogP contribution in [-0.2, 0) is 26.2 Å². The molecule has 1 N–H and O–H groups in total. The second-order valence-corrected chi connectivity index (χ2v) is 12.0. The third-order valence-electron chi connectivity index (χ3n) is 6.34. The summed E-state index contributed by atoms with van der Waals surface area (Å²) in [6.45, 7) is 7.05. The molecular weight excluding hydrogens is 557 g/mol. The maximum Gasteiger partial charge on any atom is 0.264 e. The van der Waals surface area contributed by atoms with Crippen molar-refractivity contribution in [3.8, 4) is 0 Å². The Balaban J connectivity index is 2.08. The van der Waals surface area contributed by atoms with Crippen LogP contribution in [0.5, 0.6) is 0 Å². The van der Waals surface area contributed by atoms with Gasteiger partial charge in [-0.05, 0) is 63.1 Å². The molecule has 7 nitrogen and oxygen atoms in total. The zero-order valence-electron chi connectivity index (χ0n) is 22.4. The molecule has 0 radical (unpaired) electrons. The van der Waals surface area contributed by atoms with Crippen LogP contribution in [0.25, 0.3) is 0 Å². The van der Waals surface area contributed by atoms with Crippen molar-refractivity contribution >= 4 is 50.7 Å². The van der Waals surface area contributed by atoms with Crippen LogP contribution in [-0.4, -0.2) is 44.3 Å². The lowest BCUT2D eigenvalue weighted by atomic mass is 10.1. The molecule has 208 valence electrons. The Morgan fingerprint density at radius 2 is 1.59 bits per heavy atom. The van der Waals surface area contributed by atoms with Crippen LogP contribution in [0.15, 0.2) is 71.6 Å². The van der Waals surface area contributed by atoms with E-state index >= 15 is 0 Å². The van der Waals surface area contributed by atoms with E-state index in [1.165, 1.54) is 17.0 Å². The van der Waals surface area contributed by atoms with Crippen molar-refractivity contribution in [1.29, 1.82) is 0 Å². The molecular formula is C29H33Cl2N3O4S. The summed E-state index contributed by atoms with van der Waals surface area (Å²) in [6, 6.07) is 17.3. The second kappa shape index (κ2) is 13.3. The first kappa shape index (κ1) is 30.5. The van der Waals surface area contributed by atoms with Crippen molar-refractivity contribution in [2.24, 2.45) is 0 Å². The molecule has 3 aromatic rings. The minimum Gasteiger partial charge on any atom is -0.354 e. The van der Waals surface area contributed by atoms with Gasteiger partial charge in [-0.3, -0.25) is 13.9 Å². The molecule has 0 saturated carbocycles. The topological polar surface area (TPSA) is 86.8 Å². The SMILES string of the molecule is CCCNC(=O)[C@@H](C)N(Cc1c(Cl)cccc1Cl)C(=O)CN(c1ccc(C)cc1C)S(=O)(=O)c1ccccc1. The number of anilines is 1. The van der Waals surface area contributed by atoms with E-state index in [1.54, 1.807) is 62.4 Å². The number of carbonyl (C=O) groups excluding carboxylic acids is 2. The summed E-state index contributed by atoms with van der Waals surface area (Å²) in [5.41, 5.74) is 2.48. The number of halogens is 2. The van der Waals surface area contributed by atoms with Gasteiger partial charge in [0.15, 0.2) is 0 Å². The summed E-state index contributed by atoms with van der Waals surface area (Å²) in [5, 5.41) is 3.48. The van der Waals surface area contributed by atoms with E-state index in [0.717, 1.165) is 16.3 Å². The molecule has 0 aliphatic carbocycles. The van der Waals surface area contributed by atoms with Crippen LogP contribution in [0.1, 0.15) is 37.0 Å². The molecule has 39 heavy (non-hydrogen) atoms. The molecule has 1 atom stereocenters. The minimum atomic E-state index is -4.13. The molecule has 3 rings (SSSR count). The van der Waals surface area contributed by atoms with Crippen molar-refractivity contribution < 1.29 is 18.0 Å². The molecule has 0 fully saturated rings. The first-order chi connectivity index (χ1) is 18.5. The Morgan fingerprint density at radius 3 is 2.18 bits per heavy atom. The Labute approximate surface area is 240 Å². The highest BCUT2D eigenvalue weighted by Gasteiger charge is 2.33. The van der Waals surface area contributed by atoms with Gasteiger partial charge in [0.2, 0.25) is 11.8 Å². The lowest BCUT2D eigenvalue weighted by molar-refractivity contribution is -0.139. The molecule has 10 heteroatoms. The van der Waals surface area contributed by atoms with Gasteiger partial charge >= 0.3 is 0 Å². The van der Waals surface area contributed by atoms with Crippen LogP contribution < -0.4 is 9.62 Å². The highest BCUT2D eigenvalue weighted by Crippen LogP contribution is 2.30. The first-order valence-electron chi connectivity index (χ1n) is 12.6. The van der Waals surface area contributed by atoms with Gasteiger partial charge in [-0.15, -0.1) is 0 Å². The molecule has 0 aliphatic rings. The number of benzene rings is 3. The van der Waals surface area contributed by atoms with Gasteiger partial charge < -0.3 is 10.2 Å². The molecule has 0 saturated heterocycles. The van der Waals surface area contributed by atoms with Crippen molar-refractivity contribution in [3.63, 3.8) is 0 Å². The van der Waals surface area contributed by atoms with Crippen molar-refractivity contribution in [2.75, 3.05) is 17.4 Å². The van der Waals surface area contributed by atoms with Gasteiger partial charge in [0.05, 0.1) is 10.6 Å². The fourth-order valence-corrected chi connectivity index (χ4v) is 6.17. The number of aryl methyl sites for hydroxylation is 2. The molecule has 2 amide bonds. The van der Waals surface area contributed by atoms with Crippen LogP contribution in [0, 0.1) is 13.8 Å². The molecule has 0 unspecified atom stereocenters. The number of amides is 2. The zero-order chi connectivity index (χ0) is 28.7. The maximum absolute atomic E-state index is 14.0. The Morgan fingerprint density at radius 1 is 0.949 bits per heavy atom. The summed E-state index contributed by atoms with van der Waals surface area (Å²) < 4.78 is 28.8. The van der Waals surface area contributed by atoms with Crippen molar-refractivity contribution in [1.82, 2.24) is 10.2 Å². The predicted molar refractivity (Wildman–Crippen MR) is 157 cm³/mol.